The topological polar surface area (TPSA) is 114 Å². The van der Waals surface area contributed by atoms with Gasteiger partial charge in [-0.1, -0.05) is 0 Å². The molecular formula is C19H21N5O4S. The summed E-state index contributed by atoms with van der Waals surface area (Å²) in [4.78, 5) is 24.1. The first-order valence-corrected chi connectivity index (χ1v) is 9.42. The highest BCUT2D eigenvalue weighted by atomic mass is 32.1. The van der Waals surface area contributed by atoms with E-state index < -0.39 is 5.91 Å². The van der Waals surface area contributed by atoms with E-state index in [1.807, 2.05) is 31.2 Å². The van der Waals surface area contributed by atoms with Crippen LogP contribution in [0.3, 0.4) is 0 Å². The van der Waals surface area contributed by atoms with Gasteiger partial charge in [0.25, 0.3) is 5.91 Å². The molecule has 0 spiro atoms. The molecule has 2 amide bonds. The largest absolute Gasteiger partial charge is 0.494 e. The number of hydrazine groups is 1. The first-order valence-electron chi connectivity index (χ1n) is 9.01. The van der Waals surface area contributed by atoms with Crippen LogP contribution in [0, 0.1) is 11.7 Å². The van der Waals surface area contributed by atoms with Crippen LogP contribution in [0.2, 0.25) is 0 Å². The fourth-order valence-corrected chi connectivity index (χ4v) is 2.93. The van der Waals surface area contributed by atoms with Crippen LogP contribution >= 0.6 is 12.2 Å². The molecule has 0 unspecified atom stereocenters. The highest BCUT2D eigenvalue weighted by molar-refractivity contribution is 7.71. The van der Waals surface area contributed by atoms with E-state index in [1.54, 1.807) is 11.5 Å². The highest BCUT2D eigenvalue weighted by Crippen LogP contribution is 2.21. The zero-order valence-electron chi connectivity index (χ0n) is 16.0. The Hall–Kier alpha value is -3.40. The van der Waals surface area contributed by atoms with Crippen molar-refractivity contribution < 1.29 is 18.7 Å². The number of benzene rings is 1. The SMILES string of the molecule is CCOc1ccc(-c2n[nH]c(=S)n2CCC(=O)NNC(=O)c2ccoc2C)cc1. The van der Waals surface area contributed by atoms with Crippen LogP contribution in [0.25, 0.3) is 11.4 Å². The van der Waals surface area contributed by atoms with Gasteiger partial charge in [-0.15, -0.1) is 0 Å². The normalized spacial score (nSPS) is 10.6. The summed E-state index contributed by atoms with van der Waals surface area (Å²) >= 11 is 5.28. The minimum absolute atomic E-state index is 0.0997. The summed E-state index contributed by atoms with van der Waals surface area (Å²) in [5, 5.41) is 7.00. The van der Waals surface area contributed by atoms with Gasteiger partial charge in [0, 0.05) is 18.5 Å². The van der Waals surface area contributed by atoms with Crippen LogP contribution < -0.4 is 15.6 Å². The second-order valence-electron chi connectivity index (χ2n) is 6.10. The average molecular weight is 415 g/mol. The Labute approximate surface area is 172 Å². The van der Waals surface area contributed by atoms with Crippen molar-refractivity contribution >= 4 is 24.0 Å². The number of aromatic nitrogens is 3. The molecule has 152 valence electrons. The Morgan fingerprint density at radius 1 is 1.24 bits per heavy atom. The molecular weight excluding hydrogens is 394 g/mol. The van der Waals surface area contributed by atoms with Gasteiger partial charge in [-0.25, -0.2) is 0 Å². The van der Waals surface area contributed by atoms with Crippen molar-refractivity contribution in [3.63, 3.8) is 0 Å². The van der Waals surface area contributed by atoms with Crippen LogP contribution in [-0.2, 0) is 11.3 Å². The molecule has 0 fully saturated rings. The molecule has 0 atom stereocenters. The number of ether oxygens (including phenoxy) is 1. The molecule has 2 aromatic heterocycles. The summed E-state index contributed by atoms with van der Waals surface area (Å²) < 4.78 is 12.6. The number of aromatic amines is 1. The van der Waals surface area contributed by atoms with Crippen LogP contribution in [-0.4, -0.2) is 33.2 Å². The van der Waals surface area contributed by atoms with Gasteiger partial charge in [-0.05, 0) is 56.4 Å². The predicted molar refractivity (Wildman–Crippen MR) is 108 cm³/mol. The molecule has 0 saturated heterocycles. The van der Waals surface area contributed by atoms with E-state index in [0.29, 0.717) is 35.1 Å². The van der Waals surface area contributed by atoms with Crippen LogP contribution in [0.4, 0.5) is 0 Å². The third-order valence-corrected chi connectivity index (χ3v) is 4.47. The zero-order valence-corrected chi connectivity index (χ0v) is 16.8. The quantitative estimate of drug-likeness (QED) is 0.404. The van der Waals surface area contributed by atoms with Crippen molar-refractivity contribution in [2.24, 2.45) is 0 Å². The molecule has 0 aliphatic heterocycles. The molecule has 0 radical (unpaired) electrons. The van der Waals surface area contributed by atoms with Crippen molar-refractivity contribution in [3.05, 3.63) is 52.7 Å². The van der Waals surface area contributed by atoms with Crippen molar-refractivity contribution in [3.8, 4) is 17.1 Å². The Kier molecular flexibility index (Phi) is 6.45. The van der Waals surface area contributed by atoms with E-state index in [9.17, 15) is 9.59 Å². The standard InChI is InChI=1S/C19H21N5O4S/c1-3-27-14-6-4-13(5-7-14)17-21-23-19(29)24(17)10-8-16(25)20-22-18(26)15-9-11-28-12(15)2/h4-7,9,11H,3,8,10H2,1-2H3,(H,20,25)(H,22,26)(H,23,29). The van der Waals surface area contributed by atoms with Crippen LogP contribution in [0.1, 0.15) is 29.5 Å². The summed E-state index contributed by atoms with van der Waals surface area (Å²) in [6.07, 6.45) is 1.51. The number of carbonyl (C=O) groups is 2. The van der Waals surface area contributed by atoms with Gasteiger partial charge >= 0.3 is 0 Å². The van der Waals surface area contributed by atoms with E-state index in [1.165, 1.54) is 12.3 Å². The lowest BCUT2D eigenvalue weighted by Crippen LogP contribution is -2.42. The monoisotopic (exact) mass is 415 g/mol. The zero-order chi connectivity index (χ0) is 20.8. The van der Waals surface area contributed by atoms with E-state index in [0.717, 1.165) is 11.3 Å². The minimum Gasteiger partial charge on any atom is -0.494 e. The molecule has 3 aromatic rings. The highest BCUT2D eigenvalue weighted by Gasteiger charge is 2.14. The van der Waals surface area contributed by atoms with Gasteiger partial charge in [0.2, 0.25) is 5.91 Å². The smallest absolute Gasteiger partial charge is 0.273 e. The molecule has 0 saturated carbocycles. The van der Waals surface area contributed by atoms with Crippen molar-refractivity contribution in [1.82, 2.24) is 25.6 Å². The molecule has 0 aliphatic rings. The summed E-state index contributed by atoms with van der Waals surface area (Å²) in [5.41, 5.74) is 5.95. The molecule has 9 nitrogen and oxygen atoms in total. The molecule has 1 aromatic carbocycles. The van der Waals surface area contributed by atoms with E-state index >= 15 is 0 Å². The maximum Gasteiger partial charge on any atom is 0.273 e. The number of hydrogen-bond donors (Lipinski definition) is 3. The van der Waals surface area contributed by atoms with Gasteiger partial charge in [0.1, 0.15) is 11.5 Å². The van der Waals surface area contributed by atoms with E-state index in [-0.39, 0.29) is 12.3 Å². The summed E-state index contributed by atoms with van der Waals surface area (Å²) in [6, 6.07) is 8.98. The number of hydrogen-bond acceptors (Lipinski definition) is 6. The van der Waals surface area contributed by atoms with E-state index in [2.05, 4.69) is 21.0 Å². The minimum atomic E-state index is -0.445. The summed E-state index contributed by atoms with van der Waals surface area (Å²) in [5.74, 6) is 1.05. The summed E-state index contributed by atoms with van der Waals surface area (Å²) in [7, 11) is 0. The molecule has 2 heterocycles. The summed E-state index contributed by atoms with van der Waals surface area (Å²) in [6.45, 7) is 4.47. The number of H-pyrrole nitrogens is 1. The lowest BCUT2D eigenvalue weighted by atomic mass is 10.2. The van der Waals surface area contributed by atoms with E-state index in [4.69, 9.17) is 21.4 Å². The Balaban J connectivity index is 1.60. The molecule has 0 bridgehead atoms. The average Bonchev–Trinajstić information content (AvgIpc) is 3.31. The first kappa shape index (κ1) is 20.3. The number of aryl methyl sites for hydroxylation is 1. The Bertz CT molecular complexity index is 1050. The number of carbonyl (C=O) groups excluding carboxylic acids is 2. The second-order valence-corrected chi connectivity index (χ2v) is 6.49. The van der Waals surface area contributed by atoms with Crippen molar-refractivity contribution in [1.29, 1.82) is 0 Å². The third-order valence-electron chi connectivity index (χ3n) is 4.16. The Morgan fingerprint density at radius 2 is 2.00 bits per heavy atom. The van der Waals surface area contributed by atoms with Gasteiger partial charge in [-0.3, -0.25) is 30.1 Å². The lowest BCUT2D eigenvalue weighted by Gasteiger charge is -2.09. The number of rotatable bonds is 7. The Morgan fingerprint density at radius 3 is 2.66 bits per heavy atom. The number of furan rings is 1. The molecule has 29 heavy (non-hydrogen) atoms. The molecule has 0 aliphatic carbocycles. The number of nitrogens with one attached hydrogen (secondary N) is 3. The third kappa shape index (κ3) is 4.91. The second kappa shape index (κ2) is 9.20. The van der Waals surface area contributed by atoms with Crippen LogP contribution in [0.15, 0.2) is 41.0 Å². The van der Waals surface area contributed by atoms with Gasteiger partial charge in [0.15, 0.2) is 10.6 Å². The lowest BCUT2D eigenvalue weighted by molar-refractivity contribution is -0.122. The molecule has 10 heteroatoms. The van der Waals surface area contributed by atoms with Gasteiger partial charge < -0.3 is 9.15 Å². The first-order chi connectivity index (χ1) is 14.0. The van der Waals surface area contributed by atoms with Crippen molar-refractivity contribution in [2.45, 2.75) is 26.8 Å². The van der Waals surface area contributed by atoms with Crippen molar-refractivity contribution in [2.75, 3.05) is 6.61 Å². The number of amides is 2. The fourth-order valence-electron chi connectivity index (χ4n) is 2.70. The maximum absolute atomic E-state index is 12.1. The van der Waals surface area contributed by atoms with Gasteiger partial charge in [0.05, 0.1) is 18.4 Å². The van der Waals surface area contributed by atoms with Gasteiger partial charge in [-0.2, -0.15) is 5.10 Å². The molecule has 3 rings (SSSR count). The molecule has 3 N–H and O–H groups in total. The maximum atomic E-state index is 12.1. The fraction of sp³-hybridized carbons (Fsp3) is 0.263. The predicted octanol–water partition coefficient (Wildman–Crippen LogP) is 2.76. The van der Waals surface area contributed by atoms with Crippen LogP contribution in [0.5, 0.6) is 5.75 Å². The number of nitrogens with zero attached hydrogens (tertiary/aromatic N) is 2.